The van der Waals surface area contributed by atoms with Gasteiger partial charge < -0.3 is 0 Å². The maximum atomic E-state index is 4.47. The number of aliphatic imine (C=N–C) groups is 1. The maximum absolute atomic E-state index is 4.47. The molecular formula is C20H39N. The van der Waals surface area contributed by atoms with Crippen LogP contribution in [-0.2, 0) is 0 Å². The zero-order chi connectivity index (χ0) is 16.3. The van der Waals surface area contributed by atoms with E-state index >= 15 is 0 Å². The normalized spacial score (nSPS) is 16.6. The molecule has 0 aliphatic carbocycles. The van der Waals surface area contributed by atoms with Gasteiger partial charge in [-0.25, -0.2) is 0 Å². The van der Waals surface area contributed by atoms with Gasteiger partial charge in [0.05, 0.1) is 0 Å². The Morgan fingerprint density at radius 1 is 1.14 bits per heavy atom. The largest absolute Gasteiger partial charge is 0.295 e. The molecule has 0 saturated carbocycles. The third-order valence-corrected chi connectivity index (χ3v) is 4.49. The zero-order valence-corrected chi connectivity index (χ0v) is 15.6. The molecule has 0 bridgehead atoms. The molecule has 0 aliphatic heterocycles. The molecule has 21 heavy (non-hydrogen) atoms. The Balaban J connectivity index is 4.10. The fraction of sp³-hybridized carbons (Fsp3) is 0.850. The van der Waals surface area contributed by atoms with Crippen LogP contribution in [-0.4, -0.2) is 12.3 Å². The predicted octanol–water partition coefficient (Wildman–Crippen LogP) is 6.83. The van der Waals surface area contributed by atoms with E-state index in [0.29, 0.717) is 5.41 Å². The third-order valence-electron chi connectivity index (χ3n) is 4.49. The average molecular weight is 294 g/mol. The Kier molecular flexibility index (Phi) is 10.7. The SMILES string of the molecule is C=C(C)CC(C)(CCC)CCC(C)CCCC(C)=NCC. The molecule has 1 nitrogen and oxygen atoms in total. The van der Waals surface area contributed by atoms with Crippen LogP contribution in [0.15, 0.2) is 17.1 Å². The molecule has 0 aromatic rings. The first-order valence-corrected chi connectivity index (χ1v) is 8.97. The lowest BCUT2D eigenvalue weighted by molar-refractivity contribution is 0.239. The van der Waals surface area contributed by atoms with E-state index in [1.54, 1.807) is 0 Å². The standard InChI is InChI=1S/C20H39N/c1-8-14-20(7,16-17(3)4)15-13-18(5)11-10-12-19(6)21-9-2/h18H,3,8-16H2,1-2,4-7H3. The molecule has 2 unspecified atom stereocenters. The molecule has 0 aliphatic rings. The van der Waals surface area contributed by atoms with Crippen molar-refractivity contribution in [2.24, 2.45) is 16.3 Å². The summed E-state index contributed by atoms with van der Waals surface area (Å²) < 4.78 is 0. The minimum Gasteiger partial charge on any atom is -0.295 e. The van der Waals surface area contributed by atoms with Crippen LogP contribution in [0.4, 0.5) is 0 Å². The fourth-order valence-corrected chi connectivity index (χ4v) is 3.43. The smallest absolute Gasteiger partial charge is 0.0360 e. The molecule has 0 aromatic carbocycles. The summed E-state index contributed by atoms with van der Waals surface area (Å²) in [7, 11) is 0. The van der Waals surface area contributed by atoms with E-state index in [-0.39, 0.29) is 0 Å². The molecule has 124 valence electrons. The van der Waals surface area contributed by atoms with E-state index < -0.39 is 0 Å². The first kappa shape index (κ1) is 20.4. The summed E-state index contributed by atoms with van der Waals surface area (Å²) in [5.41, 5.74) is 3.13. The molecule has 0 aromatic heterocycles. The molecule has 0 spiro atoms. The Morgan fingerprint density at radius 2 is 1.81 bits per heavy atom. The van der Waals surface area contributed by atoms with Gasteiger partial charge >= 0.3 is 0 Å². The fourth-order valence-electron chi connectivity index (χ4n) is 3.43. The summed E-state index contributed by atoms with van der Waals surface area (Å²) in [4.78, 5) is 4.47. The average Bonchev–Trinajstić information content (AvgIpc) is 2.36. The Bertz CT molecular complexity index is 316. The van der Waals surface area contributed by atoms with E-state index in [2.05, 4.69) is 53.1 Å². The highest BCUT2D eigenvalue weighted by molar-refractivity contribution is 5.81. The topological polar surface area (TPSA) is 12.4 Å². The van der Waals surface area contributed by atoms with E-state index in [0.717, 1.165) is 12.5 Å². The van der Waals surface area contributed by atoms with Crippen LogP contribution in [0.3, 0.4) is 0 Å². The highest BCUT2D eigenvalue weighted by Crippen LogP contribution is 2.37. The molecule has 0 heterocycles. The Labute approximate surface area is 134 Å². The van der Waals surface area contributed by atoms with Crippen molar-refractivity contribution in [3.05, 3.63) is 12.2 Å². The van der Waals surface area contributed by atoms with Crippen molar-refractivity contribution in [3.8, 4) is 0 Å². The first-order valence-electron chi connectivity index (χ1n) is 8.97. The predicted molar refractivity (Wildman–Crippen MR) is 98.3 cm³/mol. The number of nitrogens with zero attached hydrogens (tertiary/aromatic N) is 1. The van der Waals surface area contributed by atoms with Crippen molar-refractivity contribution in [2.75, 3.05) is 6.54 Å². The van der Waals surface area contributed by atoms with Gasteiger partial charge in [-0.2, -0.15) is 0 Å². The second kappa shape index (κ2) is 11.0. The van der Waals surface area contributed by atoms with Gasteiger partial charge in [-0.05, 0) is 64.2 Å². The minimum absolute atomic E-state index is 0.467. The number of hydrogen-bond donors (Lipinski definition) is 0. The molecule has 0 radical (unpaired) electrons. The van der Waals surface area contributed by atoms with Crippen molar-refractivity contribution in [1.82, 2.24) is 0 Å². The van der Waals surface area contributed by atoms with Crippen molar-refractivity contribution >= 4 is 5.71 Å². The summed E-state index contributed by atoms with van der Waals surface area (Å²) in [6.07, 6.45) is 10.3. The molecule has 1 heteroatoms. The summed E-state index contributed by atoms with van der Waals surface area (Å²) in [5.74, 6) is 0.834. The van der Waals surface area contributed by atoms with E-state index in [9.17, 15) is 0 Å². The minimum atomic E-state index is 0.467. The van der Waals surface area contributed by atoms with E-state index in [4.69, 9.17) is 0 Å². The van der Waals surface area contributed by atoms with Crippen LogP contribution in [0.5, 0.6) is 0 Å². The molecule has 0 fully saturated rings. The molecule has 0 N–H and O–H groups in total. The number of hydrogen-bond acceptors (Lipinski definition) is 1. The summed E-state index contributed by atoms with van der Waals surface area (Å²) in [6.45, 7) is 18.7. The number of allylic oxidation sites excluding steroid dienone is 1. The lowest BCUT2D eigenvalue weighted by Crippen LogP contribution is -2.18. The van der Waals surface area contributed by atoms with Gasteiger partial charge in [0.25, 0.3) is 0 Å². The second-order valence-corrected chi connectivity index (χ2v) is 7.44. The van der Waals surface area contributed by atoms with Gasteiger partial charge in [-0.1, -0.05) is 45.6 Å². The second-order valence-electron chi connectivity index (χ2n) is 7.44. The van der Waals surface area contributed by atoms with Gasteiger partial charge in [-0.3, -0.25) is 4.99 Å². The quantitative estimate of drug-likeness (QED) is 0.276. The molecule has 0 saturated heterocycles. The lowest BCUT2D eigenvalue weighted by atomic mass is 9.75. The summed E-state index contributed by atoms with van der Waals surface area (Å²) in [6, 6.07) is 0. The van der Waals surface area contributed by atoms with Crippen LogP contribution >= 0.6 is 0 Å². The van der Waals surface area contributed by atoms with Gasteiger partial charge in [0.15, 0.2) is 0 Å². The van der Waals surface area contributed by atoms with Crippen LogP contribution in [0.2, 0.25) is 0 Å². The van der Waals surface area contributed by atoms with Gasteiger partial charge in [0, 0.05) is 12.3 Å². The van der Waals surface area contributed by atoms with Crippen molar-refractivity contribution in [1.29, 1.82) is 0 Å². The highest BCUT2D eigenvalue weighted by atomic mass is 14.7. The molecule has 0 rings (SSSR count). The number of rotatable bonds is 12. The van der Waals surface area contributed by atoms with Crippen LogP contribution in [0.1, 0.15) is 92.9 Å². The Morgan fingerprint density at radius 3 is 2.33 bits per heavy atom. The van der Waals surface area contributed by atoms with Gasteiger partial charge in [0.1, 0.15) is 0 Å². The molecule has 0 amide bonds. The van der Waals surface area contributed by atoms with Gasteiger partial charge in [-0.15, -0.1) is 6.58 Å². The highest BCUT2D eigenvalue weighted by Gasteiger charge is 2.23. The van der Waals surface area contributed by atoms with Gasteiger partial charge in [0.2, 0.25) is 0 Å². The van der Waals surface area contributed by atoms with E-state index in [1.807, 2.05) is 0 Å². The van der Waals surface area contributed by atoms with Crippen LogP contribution in [0.25, 0.3) is 0 Å². The van der Waals surface area contributed by atoms with E-state index in [1.165, 1.54) is 62.7 Å². The maximum Gasteiger partial charge on any atom is 0.0360 e. The van der Waals surface area contributed by atoms with Crippen molar-refractivity contribution in [3.63, 3.8) is 0 Å². The van der Waals surface area contributed by atoms with Crippen molar-refractivity contribution in [2.45, 2.75) is 92.9 Å². The van der Waals surface area contributed by atoms with Crippen LogP contribution in [0, 0.1) is 11.3 Å². The van der Waals surface area contributed by atoms with Crippen LogP contribution < -0.4 is 0 Å². The zero-order valence-electron chi connectivity index (χ0n) is 15.6. The molecule has 2 atom stereocenters. The first-order chi connectivity index (χ1) is 9.83. The summed E-state index contributed by atoms with van der Waals surface area (Å²) in [5, 5.41) is 0. The molecular weight excluding hydrogens is 254 g/mol. The van der Waals surface area contributed by atoms with Crippen molar-refractivity contribution < 1.29 is 0 Å². The summed E-state index contributed by atoms with van der Waals surface area (Å²) >= 11 is 0. The Hall–Kier alpha value is -0.590. The lowest BCUT2D eigenvalue weighted by Gasteiger charge is -2.31. The third kappa shape index (κ3) is 10.7. The monoisotopic (exact) mass is 293 g/mol.